The summed E-state index contributed by atoms with van der Waals surface area (Å²) in [4.78, 5) is 24.7. The predicted molar refractivity (Wildman–Crippen MR) is 66.1 cm³/mol. The summed E-state index contributed by atoms with van der Waals surface area (Å²) in [5, 5.41) is 11.0. The second-order valence-corrected chi connectivity index (χ2v) is 4.40. The largest absolute Gasteiger partial charge is 0.450 e. The fourth-order valence-electron chi connectivity index (χ4n) is 1.92. The normalized spacial score (nSPS) is 15.3. The van der Waals surface area contributed by atoms with Crippen molar-refractivity contribution in [3.8, 4) is 0 Å². The molecule has 0 aromatic heterocycles. The molecule has 0 saturated heterocycles. The third-order valence-corrected chi connectivity index (χ3v) is 3.06. The van der Waals surface area contributed by atoms with Gasteiger partial charge in [0.05, 0.1) is 13.2 Å². The number of nitrogens with zero attached hydrogens (tertiary/aromatic N) is 1. The first-order valence-corrected chi connectivity index (χ1v) is 6.49. The summed E-state index contributed by atoms with van der Waals surface area (Å²) in [6.07, 6.45) is 3.29. The maximum atomic E-state index is 11.6. The highest BCUT2D eigenvalue weighted by molar-refractivity contribution is 5.92. The molecule has 0 aromatic rings. The Morgan fingerprint density at radius 3 is 2.67 bits per heavy atom. The maximum absolute atomic E-state index is 11.6. The van der Waals surface area contributed by atoms with E-state index in [1.165, 1.54) is 6.42 Å². The van der Waals surface area contributed by atoms with Gasteiger partial charge in [0.1, 0.15) is 0 Å². The Morgan fingerprint density at radius 1 is 1.44 bits per heavy atom. The molecule has 0 aromatic carbocycles. The van der Waals surface area contributed by atoms with E-state index in [1.807, 2.05) is 4.90 Å². The third kappa shape index (κ3) is 5.01. The number of nitrogens with one attached hydrogen (secondary N) is 1. The standard InChI is InChI=1S/C12H22N2O4/c1-2-18-12(17)13-11(16)9-14(7-4-8-15)10-5-3-6-10/h10,15H,2-9H2,1H3,(H,13,16,17). The minimum absolute atomic E-state index is 0.114. The van der Waals surface area contributed by atoms with E-state index in [0.717, 1.165) is 12.8 Å². The van der Waals surface area contributed by atoms with E-state index in [2.05, 4.69) is 10.1 Å². The summed E-state index contributed by atoms with van der Waals surface area (Å²) in [5.41, 5.74) is 0. The molecule has 18 heavy (non-hydrogen) atoms. The quantitative estimate of drug-likeness (QED) is 0.695. The van der Waals surface area contributed by atoms with Crippen LogP contribution >= 0.6 is 0 Å². The molecule has 1 aliphatic rings. The number of rotatable bonds is 7. The zero-order valence-corrected chi connectivity index (χ0v) is 10.9. The van der Waals surface area contributed by atoms with Gasteiger partial charge in [-0.05, 0) is 26.2 Å². The molecule has 0 bridgehead atoms. The highest BCUT2D eigenvalue weighted by atomic mass is 16.5. The van der Waals surface area contributed by atoms with E-state index in [4.69, 9.17) is 5.11 Å². The van der Waals surface area contributed by atoms with Crippen molar-refractivity contribution in [3.05, 3.63) is 0 Å². The number of alkyl carbamates (subject to hydrolysis) is 1. The van der Waals surface area contributed by atoms with Gasteiger partial charge in [0, 0.05) is 19.2 Å². The van der Waals surface area contributed by atoms with Crippen LogP contribution in [-0.4, -0.2) is 54.4 Å². The minimum atomic E-state index is -0.696. The van der Waals surface area contributed by atoms with E-state index < -0.39 is 6.09 Å². The first-order chi connectivity index (χ1) is 8.67. The molecule has 1 aliphatic carbocycles. The van der Waals surface area contributed by atoms with Gasteiger partial charge in [-0.15, -0.1) is 0 Å². The molecule has 104 valence electrons. The van der Waals surface area contributed by atoms with Crippen LogP contribution in [0.1, 0.15) is 32.6 Å². The molecule has 2 N–H and O–H groups in total. The number of ether oxygens (including phenoxy) is 1. The van der Waals surface area contributed by atoms with Crippen LogP contribution in [0.25, 0.3) is 0 Å². The average molecular weight is 258 g/mol. The predicted octanol–water partition coefficient (Wildman–Crippen LogP) is 0.496. The Bertz CT molecular complexity index is 279. The van der Waals surface area contributed by atoms with E-state index >= 15 is 0 Å². The third-order valence-electron chi connectivity index (χ3n) is 3.06. The molecule has 6 nitrogen and oxygen atoms in total. The maximum Gasteiger partial charge on any atom is 0.413 e. The number of aliphatic hydroxyl groups excluding tert-OH is 1. The van der Waals surface area contributed by atoms with Crippen molar-refractivity contribution in [3.63, 3.8) is 0 Å². The smallest absolute Gasteiger partial charge is 0.413 e. The highest BCUT2D eigenvalue weighted by Crippen LogP contribution is 2.24. The molecular formula is C12H22N2O4. The van der Waals surface area contributed by atoms with Gasteiger partial charge in [-0.3, -0.25) is 15.0 Å². The van der Waals surface area contributed by atoms with Crippen molar-refractivity contribution >= 4 is 12.0 Å². The summed E-state index contributed by atoms with van der Waals surface area (Å²) in [7, 11) is 0. The second kappa shape index (κ2) is 8.05. The SMILES string of the molecule is CCOC(=O)NC(=O)CN(CCCO)C1CCC1. The molecule has 2 amide bonds. The van der Waals surface area contributed by atoms with Crippen molar-refractivity contribution in [2.75, 3.05) is 26.3 Å². The van der Waals surface area contributed by atoms with E-state index in [-0.39, 0.29) is 25.7 Å². The van der Waals surface area contributed by atoms with Gasteiger partial charge in [-0.1, -0.05) is 6.42 Å². The van der Waals surface area contributed by atoms with E-state index in [0.29, 0.717) is 19.0 Å². The molecule has 1 rings (SSSR count). The van der Waals surface area contributed by atoms with Gasteiger partial charge in [0.25, 0.3) is 0 Å². The molecular weight excluding hydrogens is 236 g/mol. The highest BCUT2D eigenvalue weighted by Gasteiger charge is 2.26. The number of imide groups is 1. The molecule has 0 unspecified atom stereocenters. The topological polar surface area (TPSA) is 78.9 Å². The fourth-order valence-corrected chi connectivity index (χ4v) is 1.92. The second-order valence-electron chi connectivity index (χ2n) is 4.40. The average Bonchev–Trinajstić information content (AvgIpc) is 2.23. The number of amides is 2. The monoisotopic (exact) mass is 258 g/mol. The summed E-state index contributed by atoms with van der Waals surface area (Å²) >= 11 is 0. The Hall–Kier alpha value is -1.14. The van der Waals surface area contributed by atoms with Crippen LogP contribution in [0.15, 0.2) is 0 Å². The minimum Gasteiger partial charge on any atom is -0.450 e. The van der Waals surface area contributed by atoms with Crippen molar-refractivity contribution in [1.82, 2.24) is 10.2 Å². The van der Waals surface area contributed by atoms with Crippen LogP contribution in [0.5, 0.6) is 0 Å². The lowest BCUT2D eigenvalue weighted by Crippen LogP contribution is -2.47. The van der Waals surface area contributed by atoms with E-state index in [9.17, 15) is 9.59 Å². The van der Waals surface area contributed by atoms with Crippen molar-refractivity contribution < 1.29 is 19.4 Å². The van der Waals surface area contributed by atoms with Crippen molar-refractivity contribution in [2.24, 2.45) is 0 Å². The van der Waals surface area contributed by atoms with Gasteiger partial charge in [-0.25, -0.2) is 4.79 Å². The summed E-state index contributed by atoms with van der Waals surface area (Å²) in [6.45, 7) is 2.91. The summed E-state index contributed by atoms with van der Waals surface area (Å²) in [6, 6.07) is 0.407. The van der Waals surface area contributed by atoms with Gasteiger partial charge < -0.3 is 9.84 Å². The van der Waals surface area contributed by atoms with Crippen LogP contribution in [0, 0.1) is 0 Å². The summed E-state index contributed by atoms with van der Waals surface area (Å²) < 4.78 is 4.65. The van der Waals surface area contributed by atoms with Crippen molar-refractivity contribution in [1.29, 1.82) is 0 Å². The first-order valence-electron chi connectivity index (χ1n) is 6.49. The van der Waals surface area contributed by atoms with Crippen LogP contribution in [-0.2, 0) is 9.53 Å². The van der Waals surface area contributed by atoms with E-state index in [1.54, 1.807) is 6.92 Å². The number of carbonyl (C=O) groups excluding carboxylic acids is 2. The van der Waals surface area contributed by atoms with Crippen molar-refractivity contribution in [2.45, 2.75) is 38.6 Å². The van der Waals surface area contributed by atoms with Crippen LogP contribution in [0.2, 0.25) is 0 Å². The van der Waals surface area contributed by atoms with Crippen LogP contribution < -0.4 is 5.32 Å². The molecule has 0 aliphatic heterocycles. The van der Waals surface area contributed by atoms with Gasteiger partial charge >= 0.3 is 6.09 Å². The number of hydrogen-bond donors (Lipinski definition) is 2. The Labute approximate surface area is 107 Å². The number of hydrogen-bond acceptors (Lipinski definition) is 5. The Balaban J connectivity index is 2.34. The van der Waals surface area contributed by atoms with Crippen LogP contribution in [0.4, 0.5) is 4.79 Å². The lowest BCUT2D eigenvalue weighted by atomic mass is 9.91. The zero-order valence-electron chi connectivity index (χ0n) is 10.9. The molecule has 0 spiro atoms. The van der Waals surface area contributed by atoms with Gasteiger partial charge in [-0.2, -0.15) is 0 Å². The molecule has 0 heterocycles. The Kier molecular flexibility index (Phi) is 6.67. The Morgan fingerprint density at radius 2 is 2.17 bits per heavy atom. The number of carbonyl (C=O) groups is 2. The summed E-state index contributed by atoms with van der Waals surface area (Å²) in [5.74, 6) is -0.349. The van der Waals surface area contributed by atoms with Gasteiger partial charge in [0.15, 0.2) is 0 Å². The lowest BCUT2D eigenvalue weighted by Gasteiger charge is -2.36. The molecule has 0 atom stereocenters. The fraction of sp³-hybridized carbons (Fsp3) is 0.833. The first kappa shape index (κ1) is 14.9. The zero-order chi connectivity index (χ0) is 13.4. The lowest BCUT2D eigenvalue weighted by molar-refractivity contribution is -0.122. The molecule has 1 fully saturated rings. The van der Waals surface area contributed by atoms with Crippen LogP contribution in [0.3, 0.4) is 0 Å². The number of aliphatic hydroxyl groups is 1. The molecule has 1 saturated carbocycles. The van der Waals surface area contributed by atoms with Gasteiger partial charge in [0.2, 0.25) is 5.91 Å². The molecule has 6 heteroatoms. The molecule has 0 radical (unpaired) electrons.